The zero-order chi connectivity index (χ0) is 14.8. The lowest BCUT2D eigenvalue weighted by Gasteiger charge is -2.07. The summed E-state index contributed by atoms with van der Waals surface area (Å²) in [5.41, 5.74) is 0.985. The number of rotatable bonds is 3. The lowest BCUT2D eigenvalue weighted by atomic mass is 10.2. The number of nitrogens with one attached hydrogen (secondary N) is 1. The molecule has 5 nitrogen and oxygen atoms in total. The van der Waals surface area contributed by atoms with Crippen molar-refractivity contribution >= 4 is 11.6 Å². The van der Waals surface area contributed by atoms with Crippen molar-refractivity contribution in [2.45, 2.75) is 6.54 Å². The topological polar surface area (TPSA) is 59.3 Å². The van der Waals surface area contributed by atoms with E-state index in [2.05, 4.69) is 15.4 Å². The lowest BCUT2D eigenvalue weighted by Crippen LogP contribution is -2.23. The molecule has 2 aromatic heterocycles. The van der Waals surface area contributed by atoms with Crippen LogP contribution in [0.15, 0.2) is 42.9 Å². The highest BCUT2D eigenvalue weighted by atomic mass is 19.2. The van der Waals surface area contributed by atoms with Crippen molar-refractivity contribution in [3.63, 3.8) is 0 Å². The Hall–Kier alpha value is -2.83. The number of nitrogens with zero attached hydrogens (tertiary/aromatic N) is 3. The highest BCUT2D eigenvalue weighted by Crippen LogP contribution is 2.11. The monoisotopic (exact) mass is 288 g/mol. The van der Waals surface area contributed by atoms with Crippen LogP contribution < -0.4 is 5.32 Å². The van der Waals surface area contributed by atoms with Gasteiger partial charge in [0, 0.05) is 23.9 Å². The van der Waals surface area contributed by atoms with Crippen LogP contribution in [0, 0.1) is 11.6 Å². The van der Waals surface area contributed by atoms with Gasteiger partial charge in [0.05, 0.1) is 0 Å². The number of carbonyl (C=O) groups is 1. The van der Waals surface area contributed by atoms with Gasteiger partial charge < -0.3 is 5.32 Å². The molecule has 0 spiro atoms. The Morgan fingerprint density at radius 1 is 1.29 bits per heavy atom. The van der Waals surface area contributed by atoms with Crippen molar-refractivity contribution < 1.29 is 13.6 Å². The summed E-state index contributed by atoms with van der Waals surface area (Å²) in [6, 6.07) is 6.96. The maximum absolute atomic E-state index is 13.5. The van der Waals surface area contributed by atoms with E-state index in [1.54, 1.807) is 18.3 Å². The van der Waals surface area contributed by atoms with Crippen LogP contribution >= 0.6 is 0 Å². The van der Waals surface area contributed by atoms with Crippen LogP contribution in [0.25, 0.3) is 5.65 Å². The third-order valence-electron chi connectivity index (χ3n) is 3.01. The number of aromatic nitrogens is 3. The van der Waals surface area contributed by atoms with Gasteiger partial charge in [0.25, 0.3) is 5.91 Å². The molecule has 0 atom stereocenters. The minimum atomic E-state index is -0.953. The molecule has 21 heavy (non-hydrogen) atoms. The average molecular weight is 288 g/mol. The zero-order valence-electron chi connectivity index (χ0n) is 10.8. The van der Waals surface area contributed by atoms with E-state index in [9.17, 15) is 13.6 Å². The van der Waals surface area contributed by atoms with Crippen molar-refractivity contribution in [3.05, 3.63) is 65.6 Å². The molecule has 0 bridgehead atoms. The molecule has 1 amide bonds. The molecule has 0 aliphatic carbocycles. The minimum absolute atomic E-state index is 0.0897. The molecule has 0 fully saturated rings. The summed E-state index contributed by atoms with van der Waals surface area (Å²) in [6.07, 6.45) is 2.97. The van der Waals surface area contributed by atoms with Crippen LogP contribution in [0.4, 0.5) is 8.78 Å². The van der Waals surface area contributed by atoms with Crippen LogP contribution in [0.1, 0.15) is 15.9 Å². The maximum atomic E-state index is 13.5. The second-order valence-electron chi connectivity index (χ2n) is 4.37. The summed E-state index contributed by atoms with van der Waals surface area (Å²) in [7, 11) is 0. The van der Waals surface area contributed by atoms with E-state index in [0.717, 1.165) is 6.07 Å². The Balaban J connectivity index is 1.75. The molecule has 1 aromatic carbocycles. The third-order valence-corrected chi connectivity index (χ3v) is 3.01. The maximum Gasteiger partial charge on any atom is 0.251 e. The quantitative estimate of drug-likeness (QED) is 0.801. The molecule has 1 N–H and O–H groups in total. The van der Waals surface area contributed by atoms with Gasteiger partial charge in [0.2, 0.25) is 0 Å². The fraction of sp³-hybridized carbons (Fsp3) is 0.0714. The Morgan fingerprint density at radius 2 is 2.14 bits per heavy atom. The number of halogens is 2. The molecule has 2 heterocycles. The van der Waals surface area contributed by atoms with Crippen LogP contribution in [0.2, 0.25) is 0 Å². The van der Waals surface area contributed by atoms with E-state index in [-0.39, 0.29) is 12.1 Å². The smallest absolute Gasteiger partial charge is 0.251 e. The number of benzene rings is 1. The number of fused-ring (bicyclic) bond motifs is 1. The molecule has 0 aliphatic rings. The zero-order valence-corrected chi connectivity index (χ0v) is 10.8. The summed E-state index contributed by atoms with van der Waals surface area (Å²) >= 11 is 0. The molecule has 106 valence electrons. The van der Waals surface area contributed by atoms with Crippen LogP contribution in [0.5, 0.6) is 0 Å². The Kier molecular flexibility index (Phi) is 3.31. The van der Waals surface area contributed by atoms with E-state index >= 15 is 0 Å². The summed E-state index contributed by atoms with van der Waals surface area (Å²) in [6.45, 7) is -0.0969. The van der Waals surface area contributed by atoms with Gasteiger partial charge in [-0.3, -0.25) is 4.79 Å². The highest BCUT2D eigenvalue weighted by Gasteiger charge is 2.11. The van der Waals surface area contributed by atoms with Crippen molar-refractivity contribution in [2.24, 2.45) is 0 Å². The van der Waals surface area contributed by atoms with Gasteiger partial charge in [-0.05, 0) is 18.2 Å². The fourth-order valence-corrected chi connectivity index (χ4v) is 1.92. The Morgan fingerprint density at radius 3 is 3.00 bits per heavy atom. The van der Waals surface area contributed by atoms with Crippen molar-refractivity contribution in [3.8, 4) is 0 Å². The van der Waals surface area contributed by atoms with Gasteiger partial charge >= 0.3 is 0 Å². The molecule has 0 unspecified atom stereocenters. The second kappa shape index (κ2) is 5.28. The molecular weight excluding hydrogens is 278 g/mol. The molecule has 0 saturated carbocycles. The minimum Gasteiger partial charge on any atom is -0.348 e. The molecule has 3 rings (SSSR count). The first-order chi connectivity index (χ1) is 10.1. The van der Waals surface area contributed by atoms with Gasteiger partial charge in [-0.2, -0.15) is 5.10 Å². The van der Waals surface area contributed by atoms with Crippen LogP contribution in [0.3, 0.4) is 0 Å². The molecule has 0 radical (unpaired) electrons. The Bertz CT molecular complexity index is 816. The number of pyridine rings is 1. The highest BCUT2D eigenvalue weighted by molar-refractivity contribution is 5.94. The lowest BCUT2D eigenvalue weighted by molar-refractivity contribution is 0.0950. The number of hydrogen-bond acceptors (Lipinski definition) is 3. The first-order valence-corrected chi connectivity index (χ1v) is 6.15. The summed E-state index contributed by atoms with van der Waals surface area (Å²) < 4.78 is 28.1. The number of carbonyl (C=O) groups excluding carboxylic acids is 1. The average Bonchev–Trinajstić information content (AvgIpc) is 2.96. The second-order valence-corrected chi connectivity index (χ2v) is 4.37. The van der Waals surface area contributed by atoms with Gasteiger partial charge in [-0.15, -0.1) is 0 Å². The SMILES string of the molecule is O=C(NCc1cccc(F)c1F)c1ccn2ncnc2c1. The molecule has 0 aliphatic heterocycles. The molecule has 7 heteroatoms. The van der Waals surface area contributed by atoms with Gasteiger partial charge in [-0.25, -0.2) is 18.3 Å². The number of hydrogen-bond donors (Lipinski definition) is 1. The predicted molar refractivity (Wildman–Crippen MR) is 70.5 cm³/mol. The van der Waals surface area contributed by atoms with Crippen LogP contribution in [-0.4, -0.2) is 20.5 Å². The van der Waals surface area contributed by atoms with Crippen molar-refractivity contribution in [2.75, 3.05) is 0 Å². The van der Waals surface area contributed by atoms with Crippen molar-refractivity contribution in [1.29, 1.82) is 0 Å². The van der Waals surface area contributed by atoms with E-state index in [0.29, 0.717) is 11.2 Å². The normalized spacial score (nSPS) is 10.8. The van der Waals surface area contributed by atoms with Crippen molar-refractivity contribution in [1.82, 2.24) is 19.9 Å². The first-order valence-electron chi connectivity index (χ1n) is 6.15. The first kappa shape index (κ1) is 13.2. The Labute approximate surface area is 118 Å². The van der Waals surface area contributed by atoms with Gasteiger partial charge in [0.15, 0.2) is 17.3 Å². The van der Waals surface area contributed by atoms with E-state index in [1.807, 2.05) is 0 Å². The summed E-state index contributed by atoms with van der Waals surface area (Å²) in [4.78, 5) is 16.0. The number of amides is 1. The van der Waals surface area contributed by atoms with E-state index < -0.39 is 17.5 Å². The van der Waals surface area contributed by atoms with Gasteiger partial charge in [-0.1, -0.05) is 12.1 Å². The third kappa shape index (κ3) is 2.58. The standard InChI is InChI=1S/C14H10F2N4O/c15-11-3-1-2-10(13(11)16)7-17-14(21)9-4-5-20-12(6-9)18-8-19-20/h1-6,8H,7H2,(H,17,21). The fourth-order valence-electron chi connectivity index (χ4n) is 1.92. The largest absolute Gasteiger partial charge is 0.348 e. The van der Waals surface area contributed by atoms with E-state index in [4.69, 9.17) is 0 Å². The van der Waals surface area contributed by atoms with Crippen LogP contribution in [-0.2, 0) is 6.54 Å². The molecule has 3 aromatic rings. The van der Waals surface area contributed by atoms with E-state index in [1.165, 1.54) is 23.0 Å². The summed E-state index contributed by atoms with van der Waals surface area (Å²) in [5.74, 6) is -2.29. The molecule has 0 saturated heterocycles. The predicted octanol–water partition coefficient (Wildman–Crippen LogP) is 1.94. The summed E-state index contributed by atoms with van der Waals surface area (Å²) in [5, 5.41) is 6.45. The molecular formula is C14H10F2N4O. The van der Waals surface area contributed by atoms with Gasteiger partial charge in [0.1, 0.15) is 6.33 Å².